The summed E-state index contributed by atoms with van der Waals surface area (Å²) < 4.78 is 17.5. The molecule has 1 aromatic rings. The van der Waals surface area contributed by atoms with Crippen LogP contribution in [0.4, 0.5) is 0 Å². The van der Waals surface area contributed by atoms with Gasteiger partial charge in [0.05, 0.1) is 24.8 Å². The van der Waals surface area contributed by atoms with E-state index >= 15 is 0 Å². The van der Waals surface area contributed by atoms with E-state index in [4.69, 9.17) is 14.2 Å². The van der Waals surface area contributed by atoms with Crippen LogP contribution < -0.4 is 10.1 Å². The Labute approximate surface area is 156 Å². The lowest BCUT2D eigenvalue weighted by atomic mass is 10.0. The lowest BCUT2D eigenvalue weighted by molar-refractivity contribution is 0.0243. The molecule has 0 aromatic heterocycles. The van der Waals surface area contributed by atoms with Gasteiger partial charge >= 0.3 is 5.97 Å². The van der Waals surface area contributed by atoms with Crippen molar-refractivity contribution in [3.05, 3.63) is 29.3 Å². The molecular weight excluding hydrogens is 330 g/mol. The summed E-state index contributed by atoms with van der Waals surface area (Å²) in [6, 6.07) is 6.01. The Morgan fingerprint density at radius 2 is 2.12 bits per heavy atom. The molecule has 26 heavy (non-hydrogen) atoms. The van der Waals surface area contributed by atoms with Crippen LogP contribution in [-0.2, 0) is 9.47 Å². The molecule has 3 unspecified atom stereocenters. The van der Waals surface area contributed by atoms with Crippen molar-refractivity contribution < 1.29 is 19.0 Å². The summed E-state index contributed by atoms with van der Waals surface area (Å²) in [5.41, 5.74) is 1.66. The lowest BCUT2D eigenvalue weighted by Gasteiger charge is -2.31. The number of carbonyl (C=O) groups excluding carboxylic acids is 1. The molecule has 0 amide bonds. The van der Waals surface area contributed by atoms with Crippen molar-refractivity contribution in [1.29, 1.82) is 0 Å². The number of fused-ring (bicyclic) bond motifs is 1. The molecule has 0 bridgehead atoms. The molecule has 144 valence electrons. The second-order valence-corrected chi connectivity index (χ2v) is 7.22. The van der Waals surface area contributed by atoms with Crippen LogP contribution in [-0.4, -0.2) is 37.9 Å². The fourth-order valence-electron chi connectivity index (χ4n) is 3.67. The standard InChI is InChI=1S/C21H31NO4/c1-3-5-7-19-16-10-9-15(13-17(16)21(23)26-19)25-20(8-6-4-2)18-14-24-12-11-22-18/h9-10,13,18-20,22H,3-8,11-12,14H2,1-2H3. The van der Waals surface area contributed by atoms with Gasteiger partial charge in [-0.3, -0.25) is 0 Å². The summed E-state index contributed by atoms with van der Waals surface area (Å²) in [7, 11) is 0. The number of unbranched alkanes of at least 4 members (excludes halogenated alkanes) is 2. The Bertz CT molecular complexity index is 598. The summed E-state index contributed by atoms with van der Waals surface area (Å²) in [6.45, 7) is 6.60. The number of rotatable bonds is 9. The van der Waals surface area contributed by atoms with Gasteiger partial charge in [0.2, 0.25) is 0 Å². The first-order chi connectivity index (χ1) is 12.7. The Hall–Kier alpha value is -1.59. The first-order valence-electron chi connectivity index (χ1n) is 10.1. The zero-order valence-electron chi connectivity index (χ0n) is 16.0. The van der Waals surface area contributed by atoms with Crippen molar-refractivity contribution in [3.8, 4) is 5.75 Å². The average molecular weight is 361 g/mol. The number of hydrogen-bond donors (Lipinski definition) is 1. The highest BCUT2D eigenvalue weighted by atomic mass is 16.5. The Morgan fingerprint density at radius 1 is 1.27 bits per heavy atom. The second-order valence-electron chi connectivity index (χ2n) is 7.22. The van der Waals surface area contributed by atoms with Crippen LogP contribution in [0, 0.1) is 0 Å². The maximum atomic E-state index is 12.2. The van der Waals surface area contributed by atoms with Gasteiger partial charge in [-0.25, -0.2) is 4.79 Å². The predicted octanol–water partition coefficient (Wildman–Crippen LogP) is 4.01. The van der Waals surface area contributed by atoms with Gasteiger partial charge in [0, 0.05) is 12.1 Å². The highest BCUT2D eigenvalue weighted by molar-refractivity contribution is 5.94. The summed E-state index contributed by atoms with van der Waals surface area (Å²) in [5, 5.41) is 3.50. The van der Waals surface area contributed by atoms with E-state index in [0.717, 1.165) is 63.0 Å². The average Bonchev–Trinajstić information content (AvgIpc) is 2.99. The molecule has 1 N–H and O–H groups in total. The molecule has 0 aliphatic carbocycles. The van der Waals surface area contributed by atoms with Crippen LogP contribution in [0.25, 0.3) is 0 Å². The number of cyclic esters (lactones) is 1. The van der Waals surface area contributed by atoms with Gasteiger partial charge in [-0.15, -0.1) is 0 Å². The number of carbonyl (C=O) groups is 1. The summed E-state index contributed by atoms with van der Waals surface area (Å²) in [6.07, 6.45) is 6.19. The van der Waals surface area contributed by atoms with Gasteiger partial charge in [-0.05, 0) is 37.8 Å². The van der Waals surface area contributed by atoms with Crippen LogP contribution in [0.5, 0.6) is 5.75 Å². The summed E-state index contributed by atoms with van der Waals surface area (Å²) >= 11 is 0. The lowest BCUT2D eigenvalue weighted by Crippen LogP contribution is -2.50. The molecule has 0 saturated carbocycles. The first kappa shape index (κ1) is 19.2. The van der Waals surface area contributed by atoms with E-state index in [2.05, 4.69) is 19.2 Å². The van der Waals surface area contributed by atoms with Crippen molar-refractivity contribution in [2.24, 2.45) is 0 Å². The van der Waals surface area contributed by atoms with E-state index in [1.807, 2.05) is 18.2 Å². The number of ether oxygens (including phenoxy) is 3. The van der Waals surface area contributed by atoms with E-state index in [9.17, 15) is 4.79 Å². The predicted molar refractivity (Wildman–Crippen MR) is 101 cm³/mol. The Morgan fingerprint density at radius 3 is 2.85 bits per heavy atom. The molecule has 2 aliphatic heterocycles. The van der Waals surface area contributed by atoms with Crippen molar-refractivity contribution in [2.45, 2.75) is 70.6 Å². The first-order valence-corrected chi connectivity index (χ1v) is 10.1. The Kier molecular flexibility index (Phi) is 6.92. The van der Waals surface area contributed by atoms with Gasteiger partial charge in [0.1, 0.15) is 18.0 Å². The van der Waals surface area contributed by atoms with Gasteiger partial charge in [-0.1, -0.05) is 32.8 Å². The molecule has 2 aliphatic rings. The number of nitrogens with one attached hydrogen (secondary N) is 1. The third-order valence-corrected chi connectivity index (χ3v) is 5.19. The van der Waals surface area contributed by atoms with Crippen LogP contribution in [0.2, 0.25) is 0 Å². The summed E-state index contributed by atoms with van der Waals surface area (Å²) in [5.74, 6) is 0.515. The highest BCUT2D eigenvalue weighted by Gasteiger charge is 2.32. The van der Waals surface area contributed by atoms with E-state index in [-0.39, 0.29) is 24.2 Å². The minimum Gasteiger partial charge on any atom is -0.489 e. The highest BCUT2D eigenvalue weighted by Crippen LogP contribution is 2.36. The molecular formula is C21H31NO4. The van der Waals surface area contributed by atoms with E-state index in [0.29, 0.717) is 12.2 Å². The van der Waals surface area contributed by atoms with Crippen molar-refractivity contribution in [1.82, 2.24) is 5.32 Å². The summed E-state index contributed by atoms with van der Waals surface area (Å²) in [4.78, 5) is 12.2. The SMILES string of the molecule is CCCCC1OC(=O)c2cc(OC(CCCC)C3COCCN3)ccc21. The van der Waals surface area contributed by atoms with Gasteiger partial charge < -0.3 is 19.5 Å². The van der Waals surface area contributed by atoms with Gasteiger partial charge in [0.15, 0.2) is 0 Å². The second kappa shape index (κ2) is 9.38. The molecule has 0 radical (unpaired) electrons. The third kappa shape index (κ3) is 4.57. The van der Waals surface area contributed by atoms with E-state index in [1.165, 1.54) is 0 Å². The molecule has 3 rings (SSSR count). The van der Waals surface area contributed by atoms with Crippen molar-refractivity contribution in [3.63, 3.8) is 0 Å². The fraction of sp³-hybridized carbons (Fsp3) is 0.667. The topological polar surface area (TPSA) is 56.8 Å². The zero-order chi connectivity index (χ0) is 18.4. The largest absolute Gasteiger partial charge is 0.489 e. The quantitative estimate of drug-likeness (QED) is 0.674. The van der Waals surface area contributed by atoms with Crippen LogP contribution >= 0.6 is 0 Å². The number of hydrogen-bond acceptors (Lipinski definition) is 5. The number of esters is 1. The minimum atomic E-state index is -0.226. The van der Waals surface area contributed by atoms with Gasteiger partial charge in [0.25, 0.3) is 0 Å². The third-order valence-electron chi connectivity index (χ3n) is 5.19. The van der Waals surface area contributed by atoms with Crippen molar-refractivity contribution in [2.75, 3.05) is 19.8 Å². The van der Waals surface area contributed by atoms with E-state index < -0.39 is 0 Å². The smallest absolute Gasteiger partial charge is 0.339 e. The monoisotopic (exact) mass is 361 g/mol. The Balaban J connectivity index is 1.71. The normalized spacial score (nSPS) is 23.4. The van der Waals surface area contributed by atoms with Gasteiger partial charge in [-0.2, -0.15) is 0 Å². The maximum absolute atomic E-state index is 12.2. The van der Waals surface area contributed by atoms with Crippen LogP contribution in [0.1, 0.15) is 74.4 Å². The number of benzene rings is 1. The zero-order valence-corrected chi connectivity index (χ0v) is 16.0. The maximum Gasteiger partial charge on any atom is 0.339 e. The van der Waals surface area contributed by atoms with Crippen molar-refractivity contribution >= 4 is 5.97 Å². The number of morpholine rings is 1. The molecule has 5 nitrogen and oxygen atoms in total. The molecule has 5 heteroatoms. The molecule has 3 atom stereocenters. The fourth-order valence-corrected chi connectivity index (χ4v) is 3.67. The molecule has 2 heterocycles. The van der Waals surface area contributed by atoms with E-state index in [1.54, 1.807) is 0 Å². The molecule has 1 aromatic carbocycles. The molecule has 1 saturated heterocycles. The molecule has 1 fully saturated rings. The minimum absolute atomic E-state index is 0.0432. The molecule has 0 spiro atoms. The van der Waals surface area contributed by atoms with Crippen LogP contribution in [0.3, 0.4) is 0 Å². The van der Waals surface area contributed by atoms with Crippen LogP contribution in [0.15, 0.2) is 18.2 Å².